The molecule has 0 aliphatic heterocycles. The van der Waals surface area contributed by atoms with Crippen molar-refractivity contribution in [1.29, 1.82) is 0 Å². The molecule has 0 radical (unpaired) electrons. The maximum atomic E-state index is 5.47. The zero-order chi connectivity index (χ0) is 13.1. The minimum atomic E-state index is 0.668. The standard InChI is InChI=1S/C14H22BrNO2/c1-2-3-9-17-11-12-18-10-8-16-14-7-5-4-6-13(14)15/h4-7,16H,2-3,8-12H2,1H3. The smallest absolute Gasteiger partial charge is 0.0701 e. The van der Waals surface area contributed by atoms with Crippen molar-refractivity contribution < 1.29 is 9.47 Å². The lowest BCUT2D eigenvalue weighted by Gasteiger charge is -2.09. The quantitative estimate of drug-likeness (QED) is 0.668. The molecule has 0 saturated heterocycles. The van der Waals surface area contributed by atoms with E-state index in [9.17, 15) is 0 Å². The summed E-state index contributed by atoms with van der Waals surface area (Å²) in [5.74, 6) is 0. The van der Waals surface area contributed by atoms with Crippen LogP contribution in [0.4, 0.5) is 5.69 Å². The molecule has 0 bridgehead atoms. The maximum absolute atomic E-state index is 5.47. The Labute approximate surface area is 118 Å². The van der Waals surface area contributed by atoms with E-state index in [0.717, 1.165) is 29.7 Å². The highest BCUT2D eigenvalue weighted by Gasteiger charge is 1.96. The van der Waals surface area contributed by atoms with Crippen LogP contribution in [0.25, 0.3) is 0 Å². The molecule has 0 unspecified atom stereocenters. The first-order valence-electron chi connectivity index (χ1n) is 6.48. The number of unbranched alkanes of at least 4 members (excludes halogenated alkanes) is 1. The van der Waals surface area contributed by atoms with Crippen LogP contribution >= 0.6 is 15.9 Å². The molecule has 0 aliphatic carbocycles. The van der Waals surface area contributed by atoms with E-state index in [1.165, 1.54) is 6.42 Å². The number of para-hydroxylation sites is 1. The fourth-order valence-corrected chi connectivity index (χ4v) is 1.86. The SMILES string of the molecule is CCCCOCCOCCNc1ccccc1Br. The molecule has 0 atom stereocenters. The Morgan fingerprint density at radius 3 is 2.50 bits per heavy atom. The lowest BCUT2D eigenvalue weighted by atomic mass is 10.3. The summed E-state index contributed by atoms with van der Waals surface area (Å²) in [4.78, 5) is 0. The van der Waals surface area contributed by atoms with Crippen molar-refractivity contribution in [2.45, 2.75) is 19.8 Å². The second-order valence-corrected chi connectivity index (χ2v) is 4.84. The Balaban J connectivity index is 1.94. The second kappa shape index (κ2) is 10.4. The van der Waals surface area contributed by atoms with Crippen LogP contribution in [0, 0.1) is 0 Å². The molecule has 1 aromatic carbocycles. The number of ether oxygens (including phenoxy) is 2. The molecule has 0 amide bonds. The van der Waals surface area contributed by atoms with E-state index >= 15 is 0 Å². The summed E-state index contributed by atoms with van der Waals surface area (Å²) in [5.41, 5.74) is 1.10. The van der Waals surface area contributed by atoms with E-state index in [0.29, 0.717) is 19.8 Å². The minimum Gasteiger partial charge on any atom is -0.382 e. The van der Waals surface area contributed by atoms with Gasteiger partial charge in [0.15, 0.2) is 0 Å². The van der Waals surface area contributed by atoms with Gasteiger partial charge in [-0.3, -0.25) is 0 Å². The highest BCUT2D eigenvalue weighted by atomic mass is 79.9. The van der Waals surface area contributed by atoms with Crippen LogP contribution in [0.15, 0.2) is 28.7 Å². The monoisotopic (exact) mass is 315 g/mol. The van der Waals surface area contributed by atoms with Crippen molar-refractivity contribution in [1.82, 2.24) is 0 Å². The van der Waals surface area contributed by atoms with E-state index in [-0.39, 0.29) is 0 Å². The average Bonchev–Trinajstić information content (AvgIpc) is 2.39. The van der Waals surface area contributed by atoms with Crippen molar-refractivity contribution >= 4 is 21.6 Å². The van der Waals surface area contributed by atoms with Gasteiger partial charge in [0.2, 0.25) is 0 Å². The Bertz CT molecular complexity index is 320. The molecule has 3 nitrogen and oxygen atoms in total. The van der Waals surface area contributed by atoms with Gasteiger partial charge < -0.3 is 14.8 Å². The van der Waals surface area contributed by atoms with Gasteiger partial charge in [-0.25, -0.2) is 0 Å². The average molecular weight is 316 g/mol. The van der Waals surface area contributed by atoms with Gasteiger partial charge in [0.1, 0.15) is 0 Å². The van der Waals surface area contributed by atoms with Crippen molar-refractivity contribution in [2.75, 3.05) is 38.3 Å². The third-order valence-corrected chi connectivity index (χ3v) is 3.14. The predicted octanol–water partition coefficient (Wildman–Crippen LogP) is 3.69. The summed E-state index contributed by atoms with van der Waals surface area (Å²) in [5, 5.41) is 3.31. The van der Waals surface area contributed by atoms with E-state index in [1.807, 2.05) is 24.3 Å². The first kappa shape index (κ1) is 15.5. The van der Waals surface area contributed by atoms with E-state index < -0.39 is 0 Å². The van der Waals surface area contributed by atoms with Crippen molar-refractivity contribution in [3.63, 3.8) is 0 Å². The van der Waals surface area contributed by atoms with Crippen LogP contribution < -0.4 is 5.32 Å². The van der Waals surface area contributed by atoms with Crippen LogP contribution in [0.1, 0.15) is 19.8 Å². The van der Waals surface area contributed by atoms with E-state index in [1.54, 1.807) is 0 Å². The number of nitrogens with one attached hydrogen (secondary N) is 1. The Morgan fingerprint density at radius 1 is 1.06 bits per heavy atom. The molecule has 4 heteroatoms. The first-order chi connectivity index (χ1) is 8.84. The van der Waals surface area contributed by atoms with Gasteiger partial charge in [-0.1, -0.05) is 25.5 Å². The fourth-order valence-electron chi connectivity index (χ4n) is 1.43. The summed E-state index contributed by atoms with van der Waals surface area (Å²) in [6, 6.07) is 8.07. The molecule has 1 aromatic rings. The van der Waals surface area contributed by atoms with E-state index in [2.05, 4.69) is 28.2 Å². The zero-order valence-electron chi connectivity index (χ0n) is 11.0. The number of anilines is 1. The highest BCUT2D eigenvalue weighted by molar-refractivity contribution is 9.10. The number of halogens is 1. The molecule has 0 aromatic heterocycles. The molecule has 0 spiro atoms. The van der Waals surface area contributed by atoms with Crippen molar-refractivity contribution in [3.8, 4) is 0 Å². The van der Waals surface area contributed by atoms with Gasteiger partial charge >= 0.3 is 0 Å². The van der Waals surface area contributed by atoms with Gasteiger partial charge in [-0.2, -0.15) is 0 Å². The Hall–Kier alpha value is -0.580. The number of hydrogen-bond acceptors (Lipinski definition) is 3. The fraction of sp³-hybridized carbons (Fsp3) is 0.571. The predicted molar refractivity (Wildman–Crippen MR) is 79.2 cm³/mol. The third-order valence-electron chi connectivity index (χ3n) is 2.45. The van der Waals surface area contributed by atoms with Gasteiger partial charge in [-0.15, -0.1) is 0 Å². The normalized spacial score (nSPS) is 10.6. The summed E-state index contributed by atoms with van der Waals surface area (Å²) < 4.78 is 12.0. The molecule has 18 heavy (non-hydrogen) atoms. The number of rotatable bonds is 10. The minimum absolute atomic E-state index is 0.668. The van der Waals surface area contributed by atoms with Crippen LogP contribution in [0.2, 0.25) is 0 Å². The lowest BCUT2D eigenvalue weighted by molar-refractivity contribution is 0.0505. The topological polar surface area (TPSA) is 30.5 Å². The molecule has 0 aliphatic rings. The summed E-state index contributed by atoms with van der Waals surface area (Å²) >= 11 is 3.49. The Kier molecular flexibility index (Phi) is 8.90. The van der Waals surface area contributed by atoms with Gasteiger partial charge in [0.25, 0.3) is 0 Å². The van der Waals surface area contributed by atoms with E-state index in [4.69, 9.17) is 9.47 Å². The molecule has 1 rings (SSSR count). The first-order valence-corrected chi connectivity index (χ1v) is 7.27. The lowest BCUT2D eigenvalue weighted by Crippen LogP contribution is -2.12. The zero-order valence-corrected chi connectivity index (χ0v) is 12.5. The van der Waals surface area contributed by atoms with Crippen LogP contribution in [0.3, 0.4) is 0 Å². The summed E-state index contributed by atoms with van der Waals surface area (Å²) in [6.07, 6.45) is 2.31. The number of benzene rings is 1. The van der Waals surface area contributed by atoms with Gasteiger partial charge in [-0.05, 0) is 34.5 Å². The van der Waals surface area contributed by atoms with Crippen LogP contribution in [-0.2, 0) is 9.47 Å². The maximum Gasteiger partial charge on any atom is 0.0701 e. The molecular weight excluding hydrogens is 294 g/mol. The molecule has 0 fully saturated rings. The molecule has 0 saturated carbocycles. The molecular formula is C14H22BrNO2. The summed E-state index contributed by atoms with van der Waals surface area (Å²) in [7, 11) is 0. The Morgan fingerprint density at radius 2 is 1.78 bits per heavy atom. The van der Waals surface area contributed by atoms with Gasteiger partial charge in [0, 0.05) is 23.3 Å². The summed E-state index contributed by atoms with van der Waals surface area (Å²) in [6.45, 7) is 5.86. The third kappa shape index (κ3) is 6.99. The molecule has 102 valence electrons. The molecule has 1 N–H and O–H groups in total. The number of hydrogen-bond donors (Lipinski definition) is 1. The van der Waals surface area contributed by atoms with Gasteiger partial charge in [0.05, 0.1) is 19.8 Å². The molecule has 0 heterocycles. The highest BCUT2D eigenvalue weighted by Crippen LogP contribution is 2.20. The second-order valence-electron chi connectivity index (χ2n) is 3.98. The van der Waals surface area contributed by atoms with Crippen molar-refractivity contribution in [2.24, 2.45) is 0 Å². The van der Waals surface area contributed by atoms with Crippen molar-refractivity contribution in [3.05, 3.63) is 28.7 Å². The van der Waals surface area contributed by atoms with Crippen LogP contribution in [-0.4, -0.2) is 33.0 Å². The van der Waals surface area contributed by atoms with Crippen LogP contribution in [0.5, 0.6) is 0 Å². The largest absolute Gasteiger partial charge is 0.382 e.